The number of hydrogen-bond acceptors (Lipinski definition) is 2. The van der Waals surface area contributed by atoms with Crippen LogP contribution in [-0.2, 0) is 9.53 Å². The van der Waals surface area contributed by atoms with E-state index in [0.717, 1.165) is 18.6 Å². The molecule has 3 aliphatic carbocycles. The first-order valence-electron chi connectivity index (χ1n) is 4.76. The fourth-order valence-electron chi connectivity index (χ4n) is 3.16. The van der Waals surface area contributed by atoms with Gasteiger partial charge in [0.15, 0.2) is 0 Å². The molecule has 2 saturated carbocycles. The maximum Gasteiger partial charge on any atom is 0.137 e. The van der Waals surface area contributed by atoms with E-state index in [1.54, 1.807) is 7.11 Å². The second-order valence-electron chi connectivity index (χ2n) is 4.13. The molecule has 0 N–H and O–H groups in total. The number of carbonyl (C=O) groups is 1. The largest absolute Gasteiger partial charge is 0.500 e. The molecule has 0 heterocycles. The monoisotopic (exact) mass is 176 g/mol. The first kappa shape index (κ1) is 7.36. The molecule has 0 radical (unpaired) electrons. The summed E-state index contributed by atoms with van der Waals surface area (Å²) in [6.07, 6.45) is 7.92. The zero-order valence-electron chi connectivity index (χ0n) is 7.62. The molecular weight excluding hydrogens is 164 g/mol. The van der Waals surface area contributed by atoms with E-state index in [-0.39, 0.29) is 11.3 Å². The quantitative estimate of drug-likeness (QED) is 0.607. The molecule has 0 saturated heterocycles. The Hall–Kier alpha value is -1.05. The molecule has 0 bridgehead atoms. The minimum absolute atomic E-state index is 0.0978. The van der Waals surface area contributed by atoms with E-state index in [9.17, 15) is 4.79 Å². The van der Waals surface area contributed by atoms with Gasteiger partial charge in [0.1, 0.15) is 11.5 Å². The van der Waals surface area contributed by atoms with Crippen LogP contribution in [0.1, 0.15) is 12.8 Å². The van der Waals surface area contributed by atoms with Gasteiger partial charge in [-0.3, -0.25) is 4.79 Å². The summed E-state index contributed by atoms with van der Waals surface area (Å²) in [6, 6.07) is 0. The molecule has 2 fully saturated rings. The number of ether oxygens (including phenoxy) is 1. The number of Topliss-reactive ketones (excluding diaryl/α,β-unsaturated/α-hetero) is 1. The number of ketones is 1. The smallest absolute Gasteiger partial charge is 0.137 e. The minimum atomic E-state index is 0.0978. The summed E-state index contributed by atoms with van der Waals surface area (Å²) in [4.78, 5) is 11.5. The Morgan fingerprint density at radius 2 is 2.46 bits per heavy atom. The lowest BCUT2D eigenvalue weighted by atomic mass is 9.94. The highest BCUT2D eigenvalue weighted by Gasteiger charge is 2.72. The summed E-state index contributed by atoms with van der Waals surface area (Å²) in [7, 11) is 1.70. The van der Waals surface area contributed by atoms with Crippen LogP contribution in [0, 0.1) is 17.3 Å². The molecule has 1 spiro atoms. The molecule has 3 unspecified atom stereocenters. The Balaban J connectivity index is 2.05. The van der Waals surface area contributed by atoms with Crippen molar-refractivity contribution in [3.63, 3.8) is 0 Å². The van der Waals surface area contributed by atoms with Crippen molar-refractivity contribution in [1.82, 2.24) is 0 Å². The van der Waals surface area contributed by atoms with Gasteiger partial charge in [0.2, 0.25) is 0 Å². The molecule has 0 aromatic carbocycles. The summed E-state index contributed by atoms with van der Waals surface area (Å²) in [5.41, 5.74) is 0.0978. The average molecular weight is 176 g/mol. The van der Waals surface area contributed by atoms with Gasteiger partial charge in [-0.25, -0.2) is 0 Å². The van der Waals surface area contributed by atoms with Crippen molar-refractivity contribution in [2.45, 2.75) is 12.8 Å². The van der Waals surface area contributed by atoms with Crippen molar-refractivity contribution in [2.75, 3.05) is 7.11 Å². The van der Waals surface area contributed by atoms with Gasteiger partial charge in [-0.1, -0.05) is 12.2 Å². The van der Waals surface area contributed by atoms with E-state index < -0.39 is 0 Å². The van der Waals surface area contributed by atoms with Crippen molar-refractivity contribution in [3.05, 3.63) is 24.0 Å². The maximum absolute atomic E-state index is 11.5. The van der Waals surface area contributed by atoms with Gasteiger partial charge < -0.3 is 4.74 Å². The highest BCUT2D eigenvalue weighted by Crippen LogP contribution is 2.72. The molecule has 2 heteroatoms. The number of methoxy groups -OCH3 is 1. The van der Waals surface area contributed by atoms with Crippen molar-refractivity contribution in [2.24, 2.45) is 17.3 Å². The van der Waals surface area contributed by atoms with Gasteiger partial charge in [0.05, 0.1) is 7.11 Å². The normalized spacial score (nSPS) is 45.3. The fourth-order valence-corrected chi connectivity index (χ4v) is 3.16. The van der Waals surface area contributed by atoms with E-state index in [1.165, 1.54) is 0 Å². The fraction of sp³-hybridized carbons (Fsp3) is 0.545. The Morgan fingerprint density at radius 3 is 3.23 bits per heavy atom. The highest BCUT2D eigenvalue weighted by molar-refractivity contribution is 5.90. The van der Waals surface area contributed by atoms with Gasteiger partial charge in [-0.05, 0) is 12.5 Å². The van der Waals surface area contributed by atoms with Crippen LogP contribution in [0.15, 0.2) is 24.0 Å². The summed E-state index contributed by atoms with van der Waals surface area (Å²) in [5, 5.41) is 0. The van der Waals surface area contributed by atoms with Crippen LogP contribution in [0.2, 0.25) is 0 Å². The molecule has 0 amide bonds. The second kappa shape index (κ2) is 2.06. The van der Waals surface area contributed by atoms with Crippen LogP contribution in [0.25, 0.3) is 0 Å². The molecule has 0 aromatic heterocycles. The molecule has 3 rings (SSSR count). The van der Waals surface area contributed by atoms with E-state index in [1.807, 2.05) is 12.2 Å². The Morgan fingerprint density at radius 1 is 1.62 bits per heavy atom. The van der Waals surface area contributed by atoms with Crippen LogP contribution in [0.5, 0.6) is 0 Å². The third-order valence-corrected chi connectivity index (χ3v) is 3.78. The van der Waals surface area contributed by atoms with E-state index in [0.29, 0.717) is 11.7 Å². The van der Waals surface area contributed by atoms with Crippen molar-refractivity contribution in [1.29, 1.82) is 0 Å². The van der Waals surface area contributed by atoms with E-state index in [2.05, 4.69) is 6.08 Å². The molecule has 3 aliphatic rings. The van der Waals surface area contributed by atoms with E-state index in [4.69, 9.17) is 4.74 Å². The molecule has 68 valence electrons. The topological polar surface area (TPSA) is 26.3 Å². The highest BCUT2D eigenvalue weighted by atomic mass is 16.5. The van der Waals surface area contributed by atoms with Gasteiger partial charge in [0, 0.05) is 23.7 Å². The Bertz CT molecular complexity index is 340. The van der Waals surface area contributed by atoms with Crippen molar-refractivity contribution in [3.8, 4) is 0 Å². The molecule has 2 nitrogen and oxygen atoms in total. The SMILES string of the molecule is COC1=CC=CC2C3C(=O)CCC123. The second-order valence-corrected chi connectivity index (χ2v) is 4.13. The first-order chi connectivity index (χ1) is 6.30. The lowest BCUT2D eigenvalue weighted by molar-refractivity contribution is -0.119. The average Bonchev–Trinajstić information content (AvgIpc) is 2.72. The lowest BCUT2D eigenvalue weighted by Gasteiger charge is -2.18. The molecular formula is C11H12O2. The molecule has 0 aromatic rings. The summed E-state index contributed by atoms with van der Waals surface area (Å²) in [5.74, 6) is 2.15. The van der Waals surface area contributed by atoms with Crippen molar-refractivity contribution >= 4 is 5.78 Å². The van der Waals surface area contributed by atoms with Crippen LogP contribution < -0.4 is 0 Å². The van der Waals surface area contributed by atoms with E-state index >= 15 is 0 Å². The number of fused-ring (bicyclic) bond motifs is 1. The van der Waals surface area contributed by atoms with Gasteiger partial charge >= 0.3 is 0 Å². The first-order valence-corrected chi connectivity index (χ1v) is 4.76. The summed E-state index contributed by atoms with van der Waals surface area (Å²) >= 11 is 0. The van der Waals surface area contributed by atoms with Crippen molar-refractivity contribution < 1.29 is 9.53 Å². The minimum Gasteiger partial charge on any atom is -0.500 e. The summed E-state index contributed by atoms with van der Waals surface area (Å²) in [6.45, 7) is 0. The number of hydrogen-bond donors (Lipinski definition) is 0. The maximum atomic E-state index is 11.5. The third-order valence-electron chi connectivity index (χ3n) is 3.78. The third kappa shape index (κ3) is 0.642. The predicted octanol–water partition coefficient (Wildman–Crippen LogP) is 1.68. The zero-order chi connectivity index (χ0) is 9.05. The Labute approximate surface area is 77.3 Å². The van der Waals surface area contributed by atoms with Crippen LogP contribution in [-0.4, -0.2) is 12.9 Å². The van der Waals surface area contributed by atoms with Gasteiger partial charge in [-0.15, -0.1) is 0 Å². The number of carbonyl (C=O) groups excluding carboxylic acids is 1. The standard InChI is InChI=1S/C11H12O2/c1-13-9-4-2-3-7-10-8(12)5-6-11(7,9)10/h2-4,7,10H,5-6H2,1H3. The summed E-state index contributed by atoms with van der Waals surface area (Å²) < 4.78 is 5.36. The number of allylic oxidation sites excluding steroid dienone is 4. The zero-order valence-corrected chi connectivity index (χ0v) is 7.62. The van der Waals surface area contributed by atoms with Gasteiger partial charge in [-0.2, -0.15) is 0 Å². The van der Waals surface area contributed by atoms with Crippen LogP contribution >= 0.6 is 0 Å². The predicted molar refractivity (Wildman–Crippen MR) is 47.9 cm³/mol. The molecule has 0 aliphatic heterocycles. The lowest BCUT2D eigenvalue weighted by Crippen LogP contribution is -2.10. The number of rotatable bonds is 1. The van der Waals surface area contributed by atoms with Gasteiger partial charge in [0.25, 0.3) is 0 Å². The van der Waals surface area contributed by atoms with Crippen LogP contribution in [0.4, 0.5) is 0 Å². The molecule has 13 heavy (non-hydrogen) atoms. The molecule has 3 atom stereocenters. The Kier molecular flexibility index (Phi) is 1.17. The van der Waals surface area contributed by atoms with Crippen LogP contribution in [0.3, 0.4) is 0 Å².